The molecule has 0 spiro atoms. The first-order valence-corrected chi connectivity index (χ1v) is 14.0. The molecule has 2 rings (SSSR count). The summed E-state index contributed by atoms with van der Waals surface area (Å²) in [6.07, 6.45) is 3.03. The number of amides is 2. The number of hydrogen-bond donors (Lipinski definition) is 1. The zero-order chi connectivity index (χ0) is 26.7. The lowest BCUT2D eigenvalue weighted by molar-refractivity contribution is -0.140. The molecule has 2 aromatic carbocycles. The summed E-state index contributed by atoms with van der Waals surface area (Å²) in [6.45, 7) is 5.85. The predicted molar refractivity (Wildman–Crippen MR) is 139 cm³/mol. The maximum absolute atomic E-state index is 13.7. The summed E-state index contributed by atoms with van der Waals surface area (Å²) < 4.78 is 45.6. The van der Waals surface area contributed by atoms with Crippen LogP contribution in [0.2, 0.25) is 0 Å². The average Bonchev–Trinajstić information content (AvgIpc) is 2.83. The number of benzene rings is 2. The Balaban J connectivity index is 2.44. The van der Waals surface area contributed by atoms with E-state index in [1.54, 1.807) is 38.1 Å². The molecule has 0 radical (unpaired) electrons. The second kappa shape index (κ2) is 13.8. The Morgan fingerprint density at radius 3 is 2.31 bits per heavy atom. The Morgan fingerprint density at radius 1 is 1.06 bits per heavy atom. The van der Waals surface area contributed by atoms with Crippen molar-refractivity contribution in [1.29, 1.82) is 0 Å². The van der Waals surface area contributed by atoms with Crippen molar-refractivity contribution in [2.75, 3.05) is 30.3 Å². The quantitative estimate of drug-likeness (QED) is 0.383. The fourth-order valence-corrected chi connectivity index (χ4v) is 4.60. The van der Waals surface area contributed by atoms with E-state index in [9.17, 15) is 22.4 Å². The Morgan fingerprint density at radius 2 is 1.72 bits per heavy atom. The lowest BCUT2D eigenvalue weighted by Crippen LogP contribution is -2.52. The summed E-state index contributed by atoms with van der Waals surface area (Å²) in [5.41, 5.74) is 0.850. The zero-order valence-electron chi connectivity index (χ0n) is 21.4. The van der Waals surface area contributed by atoms with Gasteiger partial charge in [-0.25, -0.2) is 12.8 Å². The highest BCUT2D eigenvalue weighted by molar-refractivity contribution is 7.92. The summed E-state index contributed by atoms with van der Waals surface area (Å²) in [4.78, 5) is 28.0. The van der Waals surface area contributed by atoms with Gasteiger partial charge in [0.25, 0.3) is 0 Å². The SMILES string of the molecule is CCCCNC(=O)[C@H](CC)N(Cc1ccc(F)cc1)C(=O)CN(c1ccccc1OCC)S(C)(=O)=O. The van der Waals surface area contributed by atoms with Gasteiger partial charge in [-0.1, -0.05) is 44.5 Å². The Labute approximate surface area is 213 Å². The predicted octanol–water partition coefficient (Wildman–Crippen LogP) is 3.71. The summed E-state index contributed by atoms with van der Waals surface area (Å²) in [5, 5.41) is 2.86. The van der Waals surface area contributed by atoms with Gasteiger partial charge in [-0.05, 0) is 49.6 Å². The van der Waals surface area contributed by atoms with E-state index in [4.69, 9.17) is 4.74 Å². The van der Waals surface area contributed by atoms with Crippen molar-refractivity contribution in [1.82, 2.24) is 10.2 Å². The monoisotopic (exact) mass is 521 g/mol. The number of carbonyl (C=O) groups is 2. The first kappa shape index (κ1) is 29.1. The molecule has 0 aliphatic rings. The molecule has 0 heterocycles. The number of halogens is 1. The van der Waals surface area contributed by atoms with Gasteiger partial charge in [0.15, 0.2) is 0 Å². The lowest BCUT2D eigenvalue weighted by Gasteiger charge is -2.33. The largest absolute Gasteiger partial charge is 0.492 e. The molecule has 198 valence electrons. The molecular formula is C26H36FN3O5S. The van der Waals surface area contributed by atoms with Gasteiger partial charge in [-0.15, -0.1) is 0 Å². The minimum atomic E-state index is -3.88. The van der Waals surface area contributed by atoms with Crippen molar-refractivity contribution in [3.63, 3.8) is 0 Å². The van der Waals surface area contributed by atoms with Crippen molar-refractivity contribution >= 4 is 27.5 Å². The lowest BCUT2D eigenvalue weighted by atomic mass is 10.1. The Kier molecular flexibility index (Phi) is 11.2. The van der Waals surface area contributed by atoms with Gasteiger partial charge in [0.2, 0.25) is 21.8 Å². The third kappa shape index (κ3) is 8.22. The van der Waals surface area contributed by atoms with Gasteiger partial charge >= 0.3 is 0 Å². The Hall–Kier alpha value is -3.14. The van der Waals surface area contributed by atoms with E-state index in [2.05, 4.69) is 5.32 Å². The van der Waals surface area contributed by atoms with Crippen LogP contribution < -0.4 is 14.4 Å². The average molecular weight is 522 g/mol. The molecule has 10 heteroatoms. The first-order valence-electron chi connectivity index (χ1n) is 12.1. The molecule has 1 N–H and O–H groups in total. The van der Waals surface area contributed by atoms with Crippen molar-refractivity contribution in [2.24, 2.45) is 0 Å². The maximum Gasteiger partial charge on any atom is 0.244 e. The van der Waals surface area contributed by atoms with E-state index in [0.717, 1.165) is 23.4 Å². The van der Waals surface area contributed by atoms with Crippen LogP contribution >= 0.6 is 0 Å². The number of anilines is 1. The fraction of sp³-hybridized carbons (Fsp3) is 0.462. The summed E-state index contributed by atoms with van der Waals surface area (Å²) in [7, 11) is -3.88. The van der Waals surface area contributed by atoms with Crippen LogP contribution in [0.5, 0.6) is 5.75 Å². The summed E-state index contributed by atoms with van der Waals surface area (Å²) >= 11 is 0. The summed E-state index contributed by atoms with van der Waals surface area (Å²) in [5.74, 6) is -0.972. The normalized spacial score (nSPS) is 12.0. The van der Waals surface area contributed by atoms with Crippen LogP contribution in [-0.4, -0.2) is 57.1 Å². The number of rotatable bonds is 14. The standard InChI is InChI=1S/C26H36FN3O5S/c1-5-8-17-28-26(32)22(6-2)29(18-20-13-15-21(27)16-14-20)25(31)19-30(36(4,33)34)23-11-9-10-12-24(23)35-7-3/h9-16,22H,5-8,17-19H2,1-4H3,(H,28,32)/t22-/m0/s1. The minimum Gasteiger partial charge on any atom is -0.492 e. The molecule has 0 saturated carbocycles. The molecule has 1 atom stereocenters. The number of para-hydroxylation sites is 2. The highest BCUT2D eigenvalue weighted by atomic mass is 32.2. The van der Waals surface area contributed by atoms with Crippen LogP contribution in [0, 0.1) is 5.82 Å². The third-order valence-electron chi connectivity index (χ3n) is 5.59. The van der Waals surface area contributed by atoms with Gasteiger partial charge < -0.3 is 15.0 Å². The first-order chi connectivity index (χ1) is 17.1. The molecule has 8 nitrogen and oxygen atoms in total. The highest BCUT2D eigenvalue weighted by Crippen LogP contribution is 2.30. The van der Waals surface area contributed by atoms with Crippen LogP contribution in [-0.2, 0) is 26.2 Å². The minimum absolute atomic E-state index is 0.0174. The maximum atomic E-state index is 13.7. The Bertz CT molecular complexity index is 1110. The van der Waals surface area contributed by atoms with Crippen LogP contribution in [0.4, 0.5) is 10.1 Å². The van der Waals surface area contributed by atoms with E-state index in [0.29, 0.717) is 30.9 Å². The zero-order valence-corrected chi connectivity index (χ0v) is 22.2. The van der Waals surface area contributed by atoms with E-state index >= 15 is 0 Å². The highest BCUT2D eigenvalue weighted by Gasteiger charge is 2.32. The fourth-order valence-electron chi connectivity index (χ4n) is 3.75. The van der Waals surface area contributed by atoms with Gasteiger partial charge in [0.1, 0.15) is 24.2 Å². The number of unbranched alkanes of at least 4 members (excludes halogenated alkanes) is 1. The molecule has 2 aromatic rings. The van der Waals surface area contributed by atoms with Crippen molar-refractivity contribution in [2.45, 2.75) is 52.6 Å². The van der Waals surface area contributed by atoms with E-state index < -0.39 is 34.3 Å². The van der Waals surface area contributed by atoms with Gasteiger partial charge in [0, 0.05) is 13.1 Å². The molecule has 0 unspecified atom stereocenters. The molecule has 2 amide bonds. The number of carbonyl (C=O) groups excluding carboxylic acids is 2. The van der Waals surface area contributed by atoms with Crippen LogP contribution in [0.15, 0.2) is 48.5 Å². The molecule has 0 aromatic heterocycles. The molecule has 36 heavy (non-hydrogen) atoms. The smallest absolute Gasteiger partial charge is 0.244 e. The van der Waals surface area contributed by atoms with Crippen molar-refractivity contribution < 1.29 is 27.1 Å². The molecular weight excluding hydrogens is 485 g/mol. The van der Waals surface area contributed by atoms with E-state index in [1.165, 1.54) is 29.2 Å². The van der Waals surface area contributed by atoms with Crippen LogP contribution in [0.1, 0.15) is 45.6 Å². The molecule has 0 bridgehead atoms. The van der Waals surface area contributed by atoms with Gasteiger partial charge in [0.05, 0.1) is 18.6 Å². The number of nitrogens with one attached hydrogen (secondary N) is 1. The van der Waals surface area contributed by atoms with Gasteiger partial charge in [-0.2, -0.15) is 0 Å². The molecule has 0 aliphatic carbocycles. The topological polar surface area (TPSA) is 96.0 Å². The number of sulfonamides is 1. The van der Waals surface area contributed by atoms with E-state index in [1.807, 2.05) is 6.92 Å². The van der Waals surface area contributed by atoms with Crippen molar-refractivity contribution in [3.05, 3.63) is 59.9 Å². The molecule has 0 fully saturated rings. The van der Waals surface area contributed by atoms with Crippen LogP contribution in [0.25, 0.3) is 0 Å². The molecule has 0 saturated heterocycles. The third-order valence-corrected chi connectivity index (χ3v) is 6.72. The van der Waals surface area contributed by atoms with Crippen LogP contribution in [0.3, 0.4) is 0 Å². The summed E-state index contributed by atoms with van der Waals surface area (Å²) in [6, 6.07) is 11.4. The van der Waals surface area contributed by atoms with E-state index in [-0.39, 0.29) is 18.1 Å². The number of hydrogen-bond acceptors (Lipinski definition) is 5. The van der Waals surface area contributed by atoms with Crippen molar-refractivity contribution in [3.8, 4) is 5.75 Å². The van der Waals surface area contributed by atoms with Gasteiger partial charge in [-0.3, -0.25) is 13.9 Å². The number of ether oxygens (including phenoxy) is 1. The number of nitrogens with zero attached hydrogens (tertiary/aromatic N) is 2. The second-order valence-electron chi connectivity index (χ2n) is 8.39. The molecule has 0 aliphatic heterocycles. The second-order valence-corrected chi connectivity index (χ2v) is 10.3.